The van der Waals surface area contributed by atoms with E-state index in [-0.39, 0.29) is 17.3 Å². The number of sulfonamides is 1. The summed E-state index contributed by atoms with van der Waals surface area (Å²) in [6.07, 6.45) is -0.303. The molecule has 0 radical (unpaired) electrons. The molecule has 0 bridgehead atoms. The molecule has 0 spiro atoms. The summed E-state index contributed by atoms with van der Waals surface area (Å²) in [6, 6.07) is 0. The molecule has 1 aliphatic heterocycles. The molecule has 1 aromatic heterocycles. The van der Waals surface area contributed by atoms with Crippen LogP contribution in [0.3, 0.4) is 0 Å². The number of alkyl halides is 2. The van der Waals surface area contributed by atoms with E-state index in [1.54, 1.807) is 0 Å². The second-order valence-corrected chi connectivity index (χ2v) is 5.88. The van der Waals surface area contributed by atoms with Gasteiger partial charge in [-0.05, 0) is 0 Å². The van der Waals surface area contributed by atoms with Crippen LogP contribution in [0.5, 0.6) is 0 Å². The van der Waals surface area contributed by atoms with Crippen LogP contribution in [0.15, 0.2) is 17.3 Å². The van der Waals surface area contributed by atoms with Gasteiger partial charge in [-0.1, -0.05) is 0 Å². The average molecular weight is 317 g/mol. The minimum atomic E-state index is -3.61. The van der Waals surface area contributed by atoms with Gasteiger partial charge in [-0.25, -0.2) is 17.2 Å². The van der Waals surface area contributed by atoms with E-state index < -0.39 is 23.0 Å². The Morgan fingerprint density at radius 3 is 2.58 bits per heavy atom. The van der Waals surface area contributed by atoms with Crippen LogP contribution in [-0.4, -0.2) is 55.1 Å². The van der Waals surface area contributed by atoms with E-state index in [1.165, 1.54) is 4.31 Å². The van der Waals surface area contributed by atoms with Gasteiger partial charge in [0.1, 0.15) is 11.4 Å². The van der Waals surface area contributed by atoms with Crippen LogP contribution in [0.1, 0.15) is 0 Å². The Kier molecular flexibility index (Phi) is 5.65. The molecule has 1 N–H and O–H groups in total. The van der Waals surface area contributed by atoms with E-state index in [9.17, 15) is 17.2 Å². The van der Waals surface area contributed by atoms with E-state index in [0.717, 1.165) is 17.1 Å². The Balaban J connectivity index is 0.00000180. The molecule has 0 saturated carbocycles. The Hall–Kier alpha value is -0.770. The number of rotatable bonds is 4. The van der Waals surface area contributed by atoms with E-state index >= 15 is 0 Å². The number of nitrogens with zero attached hydrogens (tertiary/aromatic N) is 3. The predicted octanol–water partition coefficient (Wildman–Crippen LogP) is 0.164. The Morgan fingerprint density at radius 1 is 1.37 bits per heavy atom. The van der Waals surface area contributed by atoms with Crippen LogP contribution in [0, 0.1) is 0 Å². The zero-order valence-corrected chi connectivity index (χ0v) is 11.6. The van der Waals surface area contributed by atoms with Crippen molar-refractivity contribution in [3.05, 3.63) is 12.4 Å². The SMILES string of the molecule is Cl.O=S(=O)(c1cnn(CC(F)F)c1)N1CCNCC1. The summed E-state index contributed by atoms with van der Waals surface area (Å²) in [5.41, 5.74) is 0. The first-order valence-electron chi connectivity index (χ1n) is 5.51. The predicted molar refractivity (Wildman–Crippen MR) is 67.1 cm³/mol. The average Bonchev–Trinajstić information content (AvgIpc) is 2.78. The fraction of sp³-hybridized carbons (Fsp3) is 0.667. The van der Waals surface area contributed by atoms with Crippen LogP contribution < -0.4 is 5.32 Å². The van der Waals surface area contributed by atoms with Crippen LogP contribution in [0.4, 0.5) is 8.78 Å². The first-order valence-corrected chi connectivity index (χ1v) is 6.95. The minimum Gasteiger partial charge on any atom is -0.314 e. The number of piperazine rings is 1. The van der Waals surface area contributed by atoms with Gasteiger partial charge in [-0.3, -0.25) is 4.68 Å². The zero-order chi connectivity index (χ0) is 13.2. The van der Waals surface area contributed by atoms with E-state index in [2.05, 4.69) is 10.4 Å². The van der Waals surface area contributed by atoms with Crippen molar-refractivity contribution < 1.29 is 17.2 Å². The molecule has 1 saturated heterocycles. The lowest BCUT2D eigenvalue weighted by Gasteiger charge is -2.25. The van der Waals surface area contributed by atoms with Crippen molar-refractivity contribution >= 4 is 22.4 Å². The standard InChI is InChI=1S/C9H14F2N4O2S.ClH/c10-9(11)7-14-6-8(5-13-14)18(16,17)15-3-1-12-2-4-15;/h5-6,9,12H,1-4,7H2;1H. The third kappa shape index (κ3) is 3.85. The second-order valence-electron chi connectivity index (χ2n) is 3.94. The van der Waals surface area contributed by atoms with Crippen molar-refractivity contribution in [2.24, 2.45) is 0 Å². The van der Waals surface area contributed by atoms with E-state index in [4.69, 9.17) is 0 Å². The summed E-state index contributed by atoms with van der Waals surface area (Å²) in [5, 5.41) is 6.68. The molecule has 0 atom stereocenters. The second kappa shape index (κ2) is 6.60. The van der Waals surface area contributed by atoms with Crippen molar-refractivity contribution in [1.29, 1.82) is 0 Å². The summed E-state index contributed by atoms with van der Waals surface area (Å²) in [7, 11) is -3.61. The number of hydrogen-bond donors (Lipinski definition) is 1. The summed E-state index contributed by atoms with van der Waals surface area (Å²) in [4.78, 5) is -0.0370. The Labute approximate surface area is 116 Å². The van der Waals surface area contributed by atoms with Gasteiger partial charge < -0.3 is 5.32 Å². The highest BCUT2D eigenvalue weighted by molar-refractivity contribution is 7.89. The molecule has 0 amide bonds. The normalized spacial score (nSPS) is 17.4. The molecule has 1 fully saturated rings. The van der Waals surface area contributed by atoms with E-state index in [0.29, 0.717) is 26.2 Å². The molecule has 1 aliphatic rings. The summed E-state index contributed by atoms with van der Waals surface area (Å²) in [6.45, 7) is 1.33. The third-order valence-electron chi connectivity index (χ3n) is 2.65. The summed E-state index contributed by atoms with van der Waals surface area (Å²) < 4.78 is 50.9. The molecule has 19 heavy (non-hydrogen) atoms. The number of nitrogens with one attached hydrogen (secondary N) is 1. The van der Waals surface area contributed by atoms with Crippen molar-refractivity contribution in [3.63, 3.8) is 0 Å². The van der Waals surface area contributed by atoms with Crippen LogP contribution >= 0.6 is 12.4 Å². The topological polar surface area (TPSA) is 67.2 Å². The molecular weight excluding hydrogens is 302 g/mol. The van der Waals surface area contributed by atoms with Gasteiger partial charge in [-0.2, -0.15) is 9.40 Å². The van der Waals surface area contributed by atoms with E-state index in [1.807, 2.05) is 0 Å². The van der Waals surface area contributed by atoms with Crippen LogP contribution in [-0.2, 0) is 16.6 Å². The first kappa shape index (κ1) is 16.3. The monoisotopic (exact) mass is 316 g/mol. The zero-order valence-electron chi connectivity index (χ0n) is 10.00. The Morgan fingerprint density at radius 2 is 2.00 bits per heavy atom. The van der Waals surface area contributed by atoms with Crippen LogP contribution in [0.25, 0.3) is 0 Å². The molecule has 0 aliphatic carbocycles. The van der Waals surface area contributed by atoms with Gasteiger partial charge in [0.2, 0.25) is 10.0 Å². The van der Waals surface area contributed by atoms with Crippen molar-refractivity contribution in [1.82, 2.24) is 19.4 Å². The van der Waals surface area contributed by atoms with Crippen LogP contribution in [0.2, 0.25) is 0 Å². The quantitative estimate of drug-likeness (QED) is 0.859. The maximum Gasteiger partial charge on any atom is 0.257 e. The summed E-state index contributed by atoms with van der Waals surface area (Å²) >= 11 is 0. The number of hydrogen-bond acceptors (Lipinski definition) is 4. The lowest BCUT2D eigenvalue weighted by molar-refractivity contribution is 0.121. The fourth-order valence-electron chi connectivity index (χ4n) is 1.75. The lowest BCUT2D eigenvalue weighted by atomic mass is 10.4. The van der Waals surface area contributed by atoms with Gasteiger partial charge in [0.05, 0.1) is 6.20 Å². The maximum atomic E-state index is 12.2. The van der Waals surface area contributed by atoms with Crippen molar-refractivity contribution in [3.8, 4) is 0 Å². The smallest absolute Gasteiger partial charge is 0.257 e. The number of aromatic nitrogens is 2. The minimum absolute atomic E-state index is 0. The molecule has 2 heterocycles. The Bertz CT molecular complexity index is 502. The number of halogens is 3. The molecule has 1 aromatic rings. The highest BCUT2D eigenvalue weighted by atomic mass is 35.5. The summed E-state index contributed by atoms with van der Waals surface area (Å²) in [5.74, 6) is 0. The van der Waals surface area contributed by atoms with Crippen molar-refractivity contribution in [2.45, 2.75) is 17.9 Å². The first-order chi connectivity index (χ1) is 8.50. The largest absolute Gasteiger partial charge is 0.314 e. The molecule has 110 valence electrons. The fourth-order valence-corrected chi connectivity index (χ4v) is 3.15. The highest BCUT2D eigenvalue weighted by Gasteiger charge is 2.27. The molecular formula is C9H15ClF2N4O2S. The lowest BCUT2D eigenvalue weighted by Crippen LogP contribution is -2.46. The maximum absolute atomic E-state index is 12.2. The highest BCUT2D eigenvalue weighted by Crippen LogP contribution is 2.15. The third-order valence-corrected chi connectivity index (χ3v) is 4.50. The molecule has 0 unspecified atom stereocenters. The van der Waals surface area contributed by atoms with Gasteiger partial charge in [0.15, 0.2) is 0 Å². The molecule has 2 rings (SSSR count). The molecule has 6 nitrogen and oxygen atoms in total. The van der Waals surface area contributed by atoms with Gasteiger partial charge >= 0.3 is 0 Å². The van der Waals surface area contributed by atoms with Gasteiger partial charge in [-0.15, -0.1) is 12.4 Å². The molecule has 10 heteroatoms. The van der Waals surface area contributed by atoms with Crippen molar-refractivity contribution in [2.75, 3.05) is 26.2 Å². The van der Waals surface area contributed by atoms with Gasteiger partial charge in [0.25, 0.3) is 6.43 Å². The molecule has 0 aromatic carbocycles. The van der Waals surface area contributed by atoms with Gasteiger partial charge in [0, 0.05) is 32.4 Å².